The van der Waals surface area contributed by atoms with Crippen molar-refractivity contribution in [3.63, 3.8) is 0 Å². The molecule has 11 rings (SSSR count). The molecule has 60 heavy (non-hydrogen) atoms. The third-order valence-electron chi connectivity index (χ3n) is 11.8. The average Bonchev–Trinajstić information content (AvgIpc) is 3.67. The number of anilines is 3. The number of rotatable bonds is 8. The molecule has 2 heteroatoms. The van der Waals surface area contributed by atoms with E-state index < -0.39 is 0 Å². The van der Waals surface area contributed by atoms with E-state index in [4.69, 9.17) is 0 Å². The van der Waals surface area contributed by atoms with E-state index in [2.05, 4.69) is 252 Å². The number of fused-ring (bicyclic) bond motifs is 4. The fourth-order valence-electron chi connectivity index (χ4n) is 8.94. The van der Waals surface area contributed by atoms with Gasteiger partial charge in [-0.3, -0.25) is 0 Å². The van der Waals surface area contributed by atoms with Gasteiger partial charge in [0.2, 0.25) is 0 Å². The summed E-state index contributed by atoms with van der Waals surface area (Å²) >= 11 is 0. The summed E-state index contributed by atoms with van der Waals surface area (Å²) in [6.45, 7) is 0. The van der Waals surface area contributed by atoms with Crippen molar-refractivity contribution in [3.05, 3.63) is 243 Å². The molecule has 0 aliphatic carbocycles. The van der Waals surface area contributed by atoms with Crippen LogP contribution in [-0.4, -0.2) is 4.57 Å². The Morgan fingerprint density at radius 1 is 0.267 bits per heavy atom. The summed E-state index contributed by atoms with van der Waals surface area (Å²) < 4.78 is 2.40. The second kappa shape index (κ2) is 15.1. The predicted molar refractivity (Wildman–Crippen MR) is 255 cm³/mol. The van der Waals surface area contributed by atoms with Gasteiger partial charge in [-0.25, -0.2) is 0 Å². The van der Waals surface area contributed by atoms with Crippen molar-refractivity contribution in [3.8, 4) is 50.2 Å². The van der Waals surface area contributed by atoms with E-state index >= 15 is 0 Å². The first-order valence-corrected chi connectivity index (χ1v) is 20.6. The first-order valence-electron chi connectivity index (χ1n) is 20.6. The Kier molecular flexibility index (Phi) is 8.87. The summed E-state index contributed by atoms with van der Waals surface area (Å²) in [6, 6.07) is 87.9. The van der Waals surface area contributed by atoms with Crippen molar-refractivity contribution in [1.29, 1.82) is 0 Å². The molecule has 0 amide bonds. The molecule has 0 bridgehead atoms. The summed E-state index contributed by atoms with van der Waals surface area (Å²) in [5, 5.41) is 5.02. The van der Waals surface area contributed by atoms with Gasteiger partial charge in [0.25, 0.3) is 0 Å². The molecule has 11 aromatic rings. The van der Waals surface area contributed by atoms with Crippen LogP contribution in [0.4, 0.5) is 17.1 Å². The van der Waals surface area contributed by atoms with Crippen LogP contribution in [0, 0.1) is 0 Å². The van der Waals surface area contributed by atoms with Crippen molar-refractivity contribution in [2.24, 2.45) is 0 Å². The summed E-state index contributed by atoms with van der Waals surface area (Å²) in [6.07, 6.45) is 0. The minimum atomic E-state index is 1.08. The van der Waals surface area contributed by atoms with Crippen LogP contribution < -0.4 is 4.90 Å². The molecular weight excluding hydrogens is 725 g/mol. The highest BCUT2D eigenvalue weighted by molar-refractivity contribution is 6.09. The van der Waals surface area contributed by atoms with Crippen LogP contribution in [0.1, 0.15) is 0 Å². The SMILES string of the molecule is c1ccc(-c2cccc(N(c3ccc(-c4cc(-n5c6ccccc6c6ccccc65)ccc4-c4ccccc4)cc3)c3ccc(-c4cccc5ccccc45)cc3)c2)cc1. The van der Waals surface area contributed by atoms with Crippen LogP contribution in [0.15, 0.2) is 243 Å². The van der Waals surface area contributed by atoms with E-state index in [-0.39, 0.29) is 0 Å². The van der Waals surface area contributed by atoms with Crippen molar-refractivity contribution < 1.29 is 0 Å². The molecule has 2 nitrogen and oxygen atoms in total. The topological polar surface area (TPSA) is 8.17 Å². The van der Waals surface area contributed by atoms with Crippen molar-refractivity contribution in [1.82, 2.24) is 4.57 Å². The summed E-state index contributed by atoms with van der Waals surface area (Å²) in [4.78, 5) is 2.37. The lowest BCUT2D eigenvalue weighted by molar-refractivity contribution is 1.18. The number of nitrogens with zero attached hydrogens (tertiary/aromatic N) is 2. The Bertz CT molecular complexity index is 3230. The quantitative estimate of drug-likeness (QED) is 0.150. The zero-order valence-electron chi connectivity index (χ0n) is 33.0. The predicted octanol–water partition coefficient (Wildman–Crippen LogP) is 16.1. The third-order valence-corrected chi connectivity index (χ3v) is 11.8. The van der Waals surface area contributed by atoms with Crippen LogP contribution in [0.5, 0.6) is 0 Å². The first-order chi connectivity index (χ1) is 29.8. The maximum atomic E-state index is 2.40. The maximum Gasteiger partial charge on any atom is 0.0541 e. The average molecular weight is 765 g/mol. The van der Waals surface area contributed by atoms with Crippen molar-refractivity contribution in [2.45, 2.75) is 0 Å². The highest BCUT2D eigenvalue weighted by Crippen LogP contribution is 2.42. The zero-order valence-corrected chi connectivity index (χ0v) is 33.0. The Hall–Kier alpha value is -7.94. The molecule has 0 spiro atoms. The lowest BCUT2D eigenvalue weighted by atomic mass is 9.93. The molecule has 0 N–H and O–H groups in total. The Morgan fingerprint density at radius 2 is 0.767 bits per heavy atom. The highest BCUT2D eigenvalue weighted by Gasteiger charge is 2.18. The molecule has 0 saturated carbocycles. The molecule has 0 atom stereocenters. The lowest BCUT2D eigenvalue weighted by Gasteiger charge is -2.26. The standard InChI is InChI=1S/C58H40N2/c1-3-15-41(16-4-1)46-21-13-22-49(39-46)59(47-33-29-44(30-34-47)52-26-14-20-43-19-7-8-23-51(43)52)48-35-31-45(32-36-48)56-40-50(37-38-53(56)42-17-5-2-6-18-42)60-57-27-11-9-24-54(57)55-25-10-12-28-58(55)60/h1-40H. The number of hydrogen-bond acceptors (Lipinski definition) is 1. The smallest absolute Gasteiger partial charge is 0.0541 e. The third kappa shape index (κ3) is 6.32. The fourth-order valence-corrected chi connectivity index (χ4v) is 8.94. The lowest BCUT2D eigenvalue weighted by Crippen LogP contribution is -2.10. The van der Waals surface area contributed by atoms with Gasteiger partial charge < -0.3 is 9.47 Å². The molecule has 0 unspecified atom stereocenters. The largest absolute Gasteiger partial charge is 0.310 e. The molecule has 0 saturated heterocycles. The van der Waals surface area contributed by atoms with Gasteiger partial charge >= 0.3 is 0 Å². The molecule has 1 heterocycles. The van der Waals surface area contributed by atoms with Crippen LogP contribution in [0.2, 0.25) is 0 Å². The summed E-state index contributed by atoms with van der Waals surface area (Å²) in [7, 11) is 0. The van der Waals surface area contributed by atoms with Crippen LogP contribution >= 0.6 is 0 Å². The van der Waals surface area contributed by atoms with Gasteiger partial charge in [-0.05, 0) is 116 Å². The van der Waals surface area contributed by atoms with E-state index in [1.165, 1.54) is 71.5 Å². The number of hydrogen-bond donors (Lipinski definition) is 0. The van der Waals surface area contributed by atoms with Crippen LogP contribution in [0.25, 0.3) is 82.8 Å². The minimum absolute atomic E-state index is 1.08. The van der Waals surface area contributed by atoms with Gasteiger partial charge in [0.15, 0.2) is 0 Å². The highest BCUT2D eigenvalue weighted by atomic mass is 15.1. The zero-order chi connectivity index (χ0) is 39.8. The molecule has 0 fully saturated rings. The van der Waals surface area contributed by atoms with E-state index in [0.29, 0.717) is 0 Å². The van der Waals surface area contributed by atoms with Gasteiger partial charge in [-0.15, -0.1) is 0 Å². The molecule has 1 aromatic heterocycles. The molecule has 10 aromatic carbocycles. The minimum Gasteiger partial charge on any atom is -0.310 e. The van der Waals surface area contributed by atoms with Crippen LogP contribution in [0.3, 0.4) is 0 Å². The molecule has 282 valence electrons. The second-order valence-corrected chi connectivity index (χ2v) is 15.3. The van der Waals surface area contributed by atoms with E-state index in [0.717, 1.165) is 28.3 Å². The Balaban J connectivity index is 1.04. The van der Waals surface area contributed by atoms with Crippen molar-refractivity contribution in [2.75, 3.05) is 4.90 Å². The summed E-state index contributed by atoms with van der Waals surface area (Å²) in [5.41, 5.74) is 16.3. The molecule has 0 aliphatic heterocycles. The van der Waals surface area contributed by atoms with Gasteiger partial charge in [-0.2, -0.15) is 0 Å². The fraction of sp³-hybridized carbons (Fsp3) is 0. The summed E-state index contributed by atoms with van der Waals surface area (Å²) in [5.74, 6) is 0. The molecular formula is C58H40N2. The molecule has 0 radical (unpaired) electrons. The van der Waals surface area contributed by atoms with Crippen LogP contribution in [-0.2, 0) is 0 Å². The Labute approximate surface area is 350 Å². The van der Waals surface area contributed by atoms with Gasteiger partial charge in [0.1, 0.15) is 0 Å². The van der Waals surface area contributed by atoms with E-state index in [1.807, 2.05) is 0 Å². The number of benzene rings is 10. The van der Waals surface area contributed by atoms with Gasteiger partial charge in [0, 0.05) is 33.5 Å². The normalized spacial score (nSPS) is 11.3. The van der Waals surface area contributed by atoms with E-state index in [9.17, 15) is 0 Å². The Morgan fingerprint density at radius 3 is 1.43 bits per heavy atom. The molecule has 0 aliphatic rings. The first kappa shape index (κ1) is 35.2. The van der Waals surface area contributed by atoms with E-state index in [1.54, 1.807) is 0 Å². The van der Waals surface area contributed by atoms with Crippen molar-refractivity contribution >= 4 is 49.6 Å². The number of aromatic nitrogens is 1. The second-order valence-electron chi connectivity index (χ2n) is 15.3. The van der Waals surface area contributed by atoms with Gasteiger partial charge in [0.05, 0.1) is 11.0 Å². The van der Waals surface area contributed by atoms with Gasteiger partial charge in [-0.1, -0.05) is 182 Å². The maximum absolute atomic E-state index is 2.40. The number of para-hydroxylation sites is 2. The monoisotopic (exact) mass is 764 g/mol.